The molecule has 0 aromatic carbocycles. The van der Waals surface area contributed by atoms with Crippen LogP contribution < -0.4 is 0 Å². The molecule has 0 spiro atoms. The largest absolute Gasteiger partial charge is 0.383 e. The molecule has 0 N–H and O–H groups in total. The molecule has 7 heteroatoms. The first kappa shape index (κ1) is 16.8. The van der Waals surface area contributed by atoms with Crippen LogP contribution in [0.1, 0.15) is 12.8 Å². The van der Waals surface area contributed by atoms with Crippen LogP contribution >= 0.6 is 0 Å². The van der Waals surface area contributed by atoms with E-state index in [1.165, 1.54) is 8.61 Å². The lowest BCUT2D eigenvalue weighted by molar-refractivity contribution is 0.116. The van der Waals surface area contributed by atoms with Gasteiger partial charge in [0.15, 0.2) is 0 Å². The molecule has 1 aliphatic rings. The highest BCUT2D eigenvalue weighted by Gasteiger charge is 2.26. The minimum Gasteiger partial charge on any atom is -0.383 e. The fourth-order valence-electron chi connectivity index (χ4n) is 2.35. The van der Waals surface area contributed by atoms with Gasteiger partial charge in [0, 0.05) is 41.3 Å². The first-order chi connectivity index (χ1) is 8.87. The third-order valence-electron chi connectivity index (χ3n) is 3.69. The predicted octanol–water partition coefficient (Wildman–Crippen LogP) is 0.0830. The molecule has 114 valence electrons. The number of methoxy groups -OCH3 is 1. The van der Waals surface area contributed by atoms with Gasteiger partial charge in [-0.05, 0) is 31.8 Å². The van der Waals surface area contributed by atoms with Crippen LogP contribution in [0.2, 0.25) is 0 Å². The van der Waals surface area contributed by atoms with E-state index in [1.807, 2.05) is 0 Å². The lowest BCUT2D eigenvalue weighted by Crippen LogP contribution is -2.43. The van der Waals surface area contributed by atoms with Crippen LogP contribution in [0.5, 0.6) is 0 Å². The summed E-state index contributed by atoms with van der Waals surface area (Å²) in [6, 6.07) is 0. The number of piperidine rings is 1. The van der Waals surface area contributed by atoms with E-state index < -0.39 is 10.2 Å². The van der Waals surface area contributed by atoms with Crippen molar-refractivity contribution in [2.75, 3.05) is 61.0 Å². The summed E-state index contributed by atoms with van der Waals surface area (Å²) >= 11 is 0. The van der Waals surface area contributed by atoms with Crippen LogP contribution in [0.3, 0.4) is 0 Å². The van der Waals surface area contributed by atoms with Crippen molar-refractivity contribution in [3.63, 3.8) is 0 Å². The standard InChI is InChI=1S/C12H27N3O3S/c1-13(2)19(16,17)14(3)11-12-5-7-15(8-6-12)9-10-18-4/h12H,5-11H2,1-4H3. The molecule has 1 rings (SSSR count). The molecule has 0 atom stereocenters. The van der Waals surface area contributed by atoms with Crippen LogP contribution in [0.25, 0.3) is 0 Å². The van der Waals surface area contributed by atoms with Gasteiger partial charge in [0.05, 0.1) is 6.61 Å². The number of hydrogen-bond donors (Lipinski definition) is 0. The van der Waals surface area contributed by atoms with Gasteiger partial charge in [-0.1, -0.05) is 0 Å². The van der Waals surface area contributed by atoms with Crippen LogP contribution in [-0.2, 0) is 14.9 Å². The van der Waals surface area contributed by atoms with Crippen LogP contribution in [0, 0.1) is 5.92 Å². The highest BCUT2D eigenvalue weighted by atomic mass is 32.2. The Labute approximate surface area is 117 Å². The van der Waals surface area contributed by atoms with Gasteiger partial charge in [-0.15, -0.1) is 0 Å². The summed E-state index contributed by atoms with van der Waals surface area (Å²) < 4.78 is 31.7. The molecule has 6 nitrogen and oxygen atoms in total. The second-order valence-electron chi connectivity index (χ2n) is 5.35. The molecule has 0 radical (unpaired) electrons. The molecule has 0 unspecified atom stereocenters. The Bertz CT molecular complexity index is 351. The molecule has 19 heavy (non-hydrogen) atoms. The summed E-state index contributed by atoms with van der Waals surface area (Å²) in [6.07, 6.45) is 2.11. The Morgan fingerprint density at radius 2 is 1.79 bits per heavy atom. The van der Waals surface area contributed by atoms with Gasteiger partial charge in [-0.2, -0.15) is 17.0 Å². The molecule has 1 fully saturated rings. The summed E-state index contributed by atoms with van der Waals surface area (Å²) in [4.78, 5) is 2.38. The molecule has 0 aliphatic carbocycles. The Kier molecular flexibility index (Phi) is 6.68. The van der Waals surface area contributed by atoms with Gasteiger partial charge in [-0.25, -0.2) is 0 Å². The van der Waals surface area contributed by atoms with E-state index in [-0.39, 0.29) is 0 Å². The molecule has 0 aromatic heterocycles. The summed E-state index contributed by atoms with van der Waals surface area (Å²) in [5.41, 5.74) is 0. The molecule has 0 bridgehead atoms. The van der Waals surface area contributed by atoms with Crippen molar-refractivity contribution in [3.05, 3.63) is 0 Å². The average Bonchev–Trinajstić information content (AvgIpc) is 2.37. The van der Waals surface area contributed by atoms with Crippen molar-refractivity contribution in [2.24, 2.45) is 5.92 Å². The Hall–Kier alpha value is -0.210. The lowest BCUT2D eigenvalue weighted by atomic mass is 9.97. The minimum absolute atomic E-state index is 0.457. The maximum atomic E-state index is 11.9. The SMILES string of the molecule is COCCN1CCC(CN(C)S(=O)(=O)N(C)C)CC1. The quantitative estimate of drug-likeness (QED) is 0.667. The topological polar surface area (TPSA) is 53.1 Å². The van der Waals surface area contributed by atoms with E-state index in [2.05, 4.69) is 4.90 Å². The monoisotopic (exact) mass is 293 g/mol. The zero-order valence-corrected chi connectivity index (χ0v) is 13.3. The van der Waals surface area contributed by atoms with E-state index in [9.17, 15) is 8.42 Å². The van der Waals surface area contributed by atoms with Gasteiger partial charge < -0.3 is 9.64 Å². The zero-order chi connectivity index (χ0) is 14.5. The highest BCUT2D eigenvalue weighted by molar-refractivity contribution is 7.86. The molecule has 0 saturated carbocycles. The molecular weight excluding hydrogens is 266 g/mol. The smallest absolute Gasteiger partial charge is 0.281 e. The van der Waals surface area contributed by atoms with Gasteiger partial charge >= 0.3 is 0 Å². The van der Waals surface area contributed by atoms with Gasteiger partial charge in [0.1, 0.15) is 0 Å². The molecule has 1 aliphatic heterocycles. The lowest BCUT2D eigenvalue weighted by Gasteiger charge is -2.33. The maximum Gasteiger partial charge on any atom is 0.281 e. The van der Waals surface area contributed by atoms with Crippen molar-refractivity contribution in [2.45, 2.75) is 12.8 Å². The van der Waals surface area contributed by atoms with Crippen molar-refractivity contribution in [1.29, 1.82) is 0 Å². The summed E-state index contributed by atoms with van der Waals surface area (Å²) in [6.45, 7) is 4.40. The number of nitrogens with zero attached hydrogens (tertiary/aromatic N) is 3. The summed E-state index contributed by atoms with van der Waals surface area (Å²) in [5.74, 6) is 0.457. The van der Waals surface area contributed by atoms with Gasteiger partial charge in [-0.3, -0.25) is 0 Å². The number of rotatable bonds is 7. The second-order valence-corrected chi connectivity index (χ2v) is 7.60. The molecule has 0 amide bonds. The summed E-state index contributed by atoms with van der Waals surface area (Å²) in [7, 11) is 3.24. The van der Waals surface area contributed by atoms with Crippen molar-refractivity contribution in [3.8, 4) is 0 Å². The fourth-order valence-corrected chi connectivity index (χ4v) is 3.31. The summed E-state index contributed by atoms with van der Waals surface area (Å²) in [5, 5.41) is 0. The van der Waals surface area contributed by atoms with Crippen LogP contribution in [0.4, 0.5) is 0 Å². The first-order valence-electron chi connectivity index (χ1n) is 6.73. The third kappa shape index (κ3) is 5.00. The first-order valence-corrected chi connectivity index (χ1v) is 8.12. The Balaban J connectivity index is 2.37. The molecule has 0 aromatic rings. The molecule has 1 saturated heterocycles. The van der Waals surface area contributed by atoms with Crippen LogP contribution in [-0.4, -0.2) is 83.0 Å². The highest BCUT2D eigenvalue weighted by Crippen LogP contribution is 2.19. The average molecular weight is 293 g/mol. The number of hydrogen-bond acceptors (Lipinski definition) is 4. The minimum atomic E-state index is -3.27. The van der Waals surface area contributed by atoms with Crippen molar-refractivity contribution < 1.29 is 13.2 Å². The Morgan fingerprint density at radius 1 is 1.21 bits per heavy atom. The number of ether oxygens (including phenoxy) is 1. The van der Waals surface area contributed by atoms with Crippen LogP contribution in [0.15, 0.2) is 0 Å². The van der Waals surface area contributed by atoms with E-state index in [0.717, 1.165) is 39.1 Å². The van der Waals surface area contributed by atoms with E-state index in [0.29, 0.717) is 12.5 Å². The van der Waals surface area contributed by atoms with Crippen molar-refractivity contribution >= 4 is 10.2 Å². The number of likely N-dealkylation sites (tertiary alicyclic amines) is 1. The fraction of sp³-hybridized carbons (Fsp3) is 1.00. The maximum absolute atomic E-state index is 11.9. The van der Waals surface area contributed by atoms with Gasteiger partial charge in [0.25, 0.3) is 10.2 Å². The molecular formula is C12H27N3O3S. The predicted molar refractivity (Wildman–Crippen MR) is 76.3 cm³/mol. The molecule has 1 heterocycles. The van der Waals surface area contributed by atoms with Crippen molar-refractivity contribution in [1.82, 2.24) is 13.5 Å². The van der Waals surface area contributed by atoms with E-state index >= 15 is 0 Å². The van der Waals surface area contributed by atoms with E-state index in [4.69, 9.17) is 4.74 Å². The van der Waals surface area contributed by atoms with Gasteiger partial charge in [0.2, 0.25) is 0 Å². The van der Waals surface area contributed by atoms with E-state index in [1.54, 1.807) is 28.3 Å². The normalized spacial score (nSPS) is 19.5. The zero-order valence-electron chi connectivity index (χ0n) is 12.5. The third-order valence-corrected chi connectivity index (χ3v) is 5.55. The Morgan fingerprint density at radius 3 is 2.26 bits per heavy atom. The second kappa shape index (κ2) is 7.54.